The molecule has 0 fully saturated rings. The number of aliphatic hydroxyl groups is 1. The van der Waals surface area contributed by atoms with Gasteiger partial charge in [0.1, 0.15) is 17.8 Å². The van der Waals surface area contributed by atoms with Crippen LogP contribution in [0.25, 0.3) is 10.1 Å². The van der Waals surface area contributed by atoms with Gasteiger partial charge >= 0.3 is 0 Å². The summed E-state index contributed by atoms with van der Waals surface area (Å²) in [6.45, 7) is 4.79. The molecular weight excluding hydrogens is 282 g/mol. The molecule has 110 valence electrons. The molecule has 1 aromatic carbocycles. The Morgan fingerprint density at radius 2 is 2.14 bits per heavy atom. The largest absolute Gasteiger partial charge is 0.384 e. The van der Waals surface area contributed by atoms with E-state index in [1.54, 1.807) is 17.7 Å². The fourth-order valence-electron chi connectivity index (χ4n) is 2.47. The van der Waals surface area contributed by atoms with Crippen LogP contribution in [0, 0.1) is 0 Å². The lowest BCUT2D eigenvalue weighted by Crippen LogP contribution is -2.25. The normalized spacial score (nSPS) is 14.4. The molecule has 1 unspecified atom stereocenters. The average molecular weight is 301 g/mol. The highest BCUT2D eigenvalue weighted by atomic mass is 32.1. The zero-order valence-electron chi connectivity index (χ0n) is 12.3. The summed E-state index contributed by atoms with van der Waals surface area (Å²) in [5.74, 6) is 0.833. The summed E-state index contributed by atoms with van der Waals surface area (Å²) < 4.78 is 3.07. The van der Waals surface area contributed by atoms with Crippen LogP contribution < -0.4 is 0 Å². The van der Waals surface area contributed by atoms with Gasteiger partial charge < -0.3 is 5.11 Å². The monoisotopic (exact) mass is 301 g/mol. The van der Waals surface area contributed by atoms with Gasteiger partial charge in [0.2, 0.25) is 0 Å². The van der Waals surface area contributed by atoms with E-state index >= 15 is 0 Å². The van der Waals surface area contributed by atoms with Crippen molar-refractivity contribution in [2.24, 2.45) is 0 Å². The maximum Gasteiger partial charge on any atom is 0.138 e. The van der Waals surface area contributed by atoms with Gasteiger partial charge in [0.05, 0.1) is 0 Å². The van der Waals surface area contributed by atoms with Gasteiger partial charge in [-0.25, -0.2) is 9.67 Å². The Hall–Kier alpha value is -1.72. The SMILES string of the molecule is CCCn1ncnc1CC(C)(O)c1cc2ccccc2s1. The van der Waals surface area contributed by atoms with Gasteiger partial charge in [-0.1, -0.05) is 25.1 Å². The molecule has 0 radical (unpaired) electrons. The van der Waals surface area contributed by atoms with Crippen LogP contribution in [0.15, 0.2) is 36.7 Å². The molecule has 0 aliphatic rings. The van der Waals surface area contributed by atoms with Gasteiger partial charge in [0.15, 0.2) is 0 Å². The highest BCUT2D eigenvalue weighted by Gasteiger charge is 2.28. The summed E-state index contributed by atoms with van der Waals surface area (Å²) in [6, 6.07) is 10.3. The standard InChI is InChI=1S/C16H19N3OS/c1-3-8-19-15(17-11-18-19)10-16(2,20)14-9-12-6-4-5-7-13(12)21-14/h4-7,9,11,20H,3,8,10H2,1-2H3. The van der Waals surface area contributed by atoms with Crippen LogP contribution in [0.5, 0.6) is 0 Å². The molecule has 0 bridgehead atoms. The minimum Gasteiger partial charge on any atom is -0.384 e. The predicted molar refractivity (Wildman–Crippen MR) is 85.4 cm³/mol. The van der Waals surface area contributed by atoms with Gasteiger partial charge in [-0.15, -0.1) is 11.3 Å². The fraction of sp³-hybridized carbons (Fsp3) is 0.375. The van der Waals surface area contributed by atoms with E-state index in [9.17, 15) is 5.11 Å². The van der Waals surface area contributed by atoms with Crippen molar-refractivity contribution in [2.45, 2.75) is 38.8 Å². The molecular formula is C16H19N3OS. The molecule has 21 heavy (non-hydrogen) atoms. The maximum absolute atomic E-state index is 10.9. The van der Waals surface area contributed by atoms with E-state index < -0.39 is 5.60 Å². The first-order valence-electron chi connectivity index (χ1n) is 7.18. The van der Waals surface area contributed by atoms with Crippen LogP contribution in [0.4, 0.5) is 0 Å². The Kier molecular flexibility index (Phi) is 3.78. The molecule has 0 aliphatic heterocycles. The minimum atomic E-state index is -0.928. The summed E-state index contributed by atoms with van der Waals surface area (Å²) in [7, 11) is 0. The zero-order chi connectivity index (χ0) is 14.9. The number of fused-ring (bicyclic) bond motifs is 1. The molecule has 1 atom stereocenters. The lowest BCUT2D eigenvalue weighted by atomic mass is 9.99. The van der Waals surface area contributed by atoms with Crippen molar-refractivity contribution in [3.05, 3.63) is 47.4 Å². The number of hydrogen-bond acceptors (Lipinski definition) is 4. The van der Waals surface area contributed by atoms with Crippen molar-refractivity contribution in [2.75, 3.05) is 0 Å². The lowest BCUT2D eigenvalue weighted by Gasteiger charge is -2.21. The molecule has 4 nitrogen and oxygen atoms in total. The smallest absolute Gasteiger partial charge is 0.138 e. The summed E-state index contributed by atoms with van der Waals surface area (Å²) in [5, 5.41) is 16.3. The third-order valence-corrected chi connectivity index (χ3v) is 4.96. The number of aromatic nitrogens is 3. The second-order valence-corrected chi connectivity index (χ2v) is 6.58. The second kappa shape index (κ2) is 5.58. The zero-order valence-corrected chi connectivity index (χ0v) is 13.1. The molecule has 0 amide bonds. The second-order valence-electron chi connectivity index (χ2n) is 5.50. The number of aryl methyl sites for hydroxylation is 1. The van der Waals surface area contributed by atoms with Crippen molar-refractivity contribution < 1.29 is 5.11 Å². The Labute approximate surface area is 128 Å². The fourth-order valence-corrected chi connectivity index (χ4v) is 3.57. The molecule has 5 heteroatoms. The number of benzene rings is 1. The topological polar surface area (TPSA) is 50.9 Å². The molecule has 0 saturated heterocycles. The van der Waals surface area contributed by atoms with Gasteiger partial charge in [-0.05, 0) is 30.9 Å². The first-order valence-corrected chi connectivity index (χ1v) is 8.00. The van der Waals surface area contributed by atoms with Gasteiger partial charge in [0, 0.05) is 22.5 Å². The Bertz CT molecular complexity index is 712. The van der Waals surface area contributed by atoms with E-state index in [0.29, 0.717) is 6.42 Å². The van der Waals surface area contributed by atoms with Gasteiger partial charge in [-0.2, -0.15) is 5.10 Å². The van der Waals surface area contributed by atoms with E-state index in [1.165, 1.54) is 10.1 Å². The molecule has 3 rings (SSSR count). The Morgan fingerprint density at radius 3 is 2.90 bits per heavy atom. The summed E-state index contributed by atoms with van der Waals surface area (Å²) >= 11 is 1.64. The van der Waals surface area contributed by atoms with Crippen LogP contribution in [0.2, 0.25) is 0 Å². The molecule has 1 N–H and O–H groups in total. The van der Waals surface area contributed by atoms with Gasteiger partial charge in [-0.3, -0.25) is 0 Å². The third kappa shape index (κ3) is 2.84. The number of thiophene rings is 1. The molecule has 2 aromatic heterocycles. The highest BCUT2D eigenvalue weighted by Crippen LogP contribution is 2.34. The Morgan fingerprint density at radius 1 is 1.33 bits per heavy atom. The average Bonchev–Trinajstić information content (AvgIpc) is 3.06. The van der Waals surface area contributed by atoms with E-state index in [-0.39, 0.29) is 0 Å². The van der Waals surface area contributed by atoms with Crippen LogP contribution in [0.3, 0.4) is 0 Å². The van der Waals surface area contributed by atoms with Crippen LogP contribution in [-0.2, 0) is 18.6 Å². The minimum absolute atomic E-state index is 0.472. The third-order valence-electron chi connectivity index (χ3n) is 3.59. The van der Waals surface area contributed by atoms with Crippen LogP contribution in [-0.4, -0.2) is 19.9 Å². The Balaban J connectivity index is 1.90. The van der Waals surface area contributed by atoms with Crippen molar-refractivity contribution in [1.29, 1.82) is 0 Å². The molecule has 3 aromatic rings. The van der Waals surface area contributed by atoms with Crippen molar-refractivity contribution in [1.82, 2.24) is 14.8 Å². The van der Waals surface area contributed by atoms with E-state index in [1.807, 2.05) is 23.7 Å². The van der Waals surface area contributed by atoms with E-state index in [0.717, 1.165) is 23.7 Å². The number of rotatable bonds is 5. The first kappa shape index (κ1) is 14.2. The van der Waals surface area contributed by atoms with Crippen molar-refractivity contribution >= 4 is 21.4 Å². The summed E-state index contributed by atoms with van der Waals surface area (Å²) in [4.78, 5) is 5.26. The van der Waals surface area contributed by atoms with Crippen LogP contribution >= 0.6 is 11.3 Å². The quantitative estimate of drug-likeness (QED) is 0.786. The highest BCUT2D eigenvalue weighted by molar-refractivity contribution is 7.19. The summed E-state index contributed by atoms with van der Waals surface area (Å²) in [6.07, 6.45) is 3.03. The number of hydrogen-bond donors (Lipinski definition) is 1. The van der Waals surface area contributed by atoms with E-state index in [2.05, 4.69) is 35.2 Å². The lowest BCUT2D eigenvalue weighted by molar-refractivity contribution is 0.0581. The van der Waals surface area contributed by atoms with Crippen molar-refractivity contribution in [3.8, 4) is 0 Å². The molecule has 0 saturated carbocycles. The van der Waals surface area contributed by atoms with Gasteiger partial charge in [0.25, 0.3) is 0 Å². The predicted octanol–water partition coefficient (Wildman–Crippen LogP) is 3.35. The molecule has 2 heterocycles. The maximum atomic E-state index is 10.9. The summed E-state index contributed by atoms with van der Waals surface area (Å²) in [5.41, 5.74) is -0.928. The van der Waals surface area contributed by atoms with Crippen molar-refractivity contribution in [3.63, 3.8) is 0 Å². The van der Waals surface area contributed by atoms with E-state index in [4.69, 9.17) is 0 Å². The first-order chi connectivity index (χ1) is 10.1. The molecule has 0 aliphatic carbocycles. The molecule has 0 spiro atoms. The van der Waals surface area contributed by atoms with Crippen LogP contribution in [0.1, 0.15) is 31.0 Å². The number of nitrogens with zero attached hydrogens (tertiary/aromatic N) is 3.